The van der Waals surface area contributed by atoms with Crippen molar-refractivity contribution in [3.05, 3.63) is 24.3 Å². The number of carbonyl (C=O) groups is 4. The minimum Gasteiger partial charge on any atom is -0.388 e. The zero-order chi connectivity index (χ0) is 14.9. The third kappa shape index (κ3) is 2.65. The Balaban J connectivity index is 1.91. The molecule has 2 rings (SSSR count). The van der Waals surface area contributed by atoms with Crippen LogP contribution in [0.5, 0.6) is 0 Å². The molecule has 2 N–H and O–H groups in total. The largest absolute Gasteiger partial charge is 0.388 e. The van der Waals surface area contributed by atoms with Crippen LogP contribution < -0.4 is 0 Å². The van der Waals surface area contributed by atoms with Crippen molar-refractivity contribution in [2.24, 2.45) is 0 Å². The molecule has 2 aliphatic rings. The molecule has 20 heavy (non-hydrogen) atoms. The minimum absolute atomic E-state index is 0.407. The summed E-state index contributed by atoms with van der Waals surface area (Å²) in [6.45, 7) is -0.815. The molecule has 0 aromatic heterocycles. The van der Waals surface area contributed by atoms with E-state index in [0.717, 1.165) is 34.1 Å². The SMILES string of the molecule is O=C1C=CC(=O)N1C[C@@H](O)[C@H](O)CN1C(=O)C=CC1=O. The highest BCUT2D eigenvalue weighted by Gasteiger charge is 2.32. The van der Waals surface area contributed by atoms with E-state index in [-0.39, 0.29) is 0 Å². The number of aliphatic hydroxyl groups excluding tert-OH is 2. The van der Waals surface area contributed by atoms with Gasteiger partial charge in [0, 0.05) is 24.3 Å². The van der Waals surface area contributed by atoms with Crippen LogP contribution in [0.4, 0.5) is 0 Å². The van der Waals surface area contributed by atoms with Crippen LogP contribution >= 0.6 is 0 Å². The van der Waals surface area contributed by atoms with Crippen LogP contribution in [-0.4, -0.2) is 68.9 Å². The van der Waals surface area contributed by atoms with Crippen molar-refractivity contribution >= 4 is 23.6 Å². The molecule has 8 heteroatoms. The average Bonchev–Trinajstić information content (AvgIpc) is 2.88. The number of nitrogens with zero attached hydrogens (tertiary/aromatic N) is 2. The third-order valence-corrected chi connectivity index (χ3v) is 2.98. The first-order valence-corrected chi connectivity index (χ1v) is 5.83. The standard InChI is InChI=1S/C12H12N2O6/c15-7(5-13-9(17)1-2-10(13)18)8(16)6-14-11(19)3-4-12(14)20/h1-4,7-8,15-16H,5-6H2/t7-,8-/m1/s1. The molecule has 2 aliphatic heterocycles. The van der Waals surface area contributed by atoms with Crippen molar-refractivity contribution in [3.63, 3.8) is 0 Å². The van der Waals surface area contributed by atoms with Crippen LogP contribution in [0.2, 0.25) is 0 Å². The number of imide groups is 2. The van der Waals surface area contributed by atoms with E-state index in [1.165, 1.54) is 0 Å². The van der Waals surface area contributed by atoms with Crippen molar-refractivity contribution < 1.29 is 29.4 Å². The number of aliphatic hydroxyl groups is 2. The summed E-state index contributed by atoms with van der Waals surface area (Å²) in [4.78, 5) is 46.7. The van der Waals surface area contributed by atoms with E-state index in [1.54, 1.807) is 0 Å². The fourth-order valence-corrected chi connectivity index (χ4v) is 1.84. The molecule has 4 amide bonds. The van der Waals surface area contributed by atoms with Crippen molar-refractivity contribution in [2.75, 3.05) is 13.1 Å². The summed E-state index contributed by atoms with van der Waals surface area (Å²) in [5.41, 5.74) is 0. The molecule has 0 spiro atoms. The van der Waals surface area contributed by atoms with Gasteiger partial charge in [0.25, 0.3) is 23.6 Å². The molecule has 0 aromatic rings. The van der Waals surface area contributed by atoms with E-state index >= 15 is 0 Å². The molecule has 0 fully saturated rings. The van der Waals surface area contributed by atoms with Gasteiger partial charge in [-0.1, -0.05) is 0 Å². The van der Waals surface area contributed by atoms with Gasteiger partial charge in [0.1, 0.15) is 0 Å². The van der Waals surface area contributed by atoms with E-state index in [2.05, 4.69) is 0 Å². The fourth-order valence-electron chi connectivity index (χ4n) is 1.84. The summed E-state index contributed by atoms with van der Waals surface area (Å²) in [5, 5.41) is 19.5. The van der Waals surface area contributed by atoms with Crippen molar-refractivity contribution in [1.29, 1.82) is 0 Å². The second-order valence-electron chi connectivity index (χ2n) is 4.38. The highest BCUT2D eigenvalue weighted by molar-refractivity contribution is 6.13. The molecule has 0 aliphatic carbocycles. The second-order valence-corrected chi connectivity index (χ2v) is 4.38. The maximum atomic E-state index is 11.3. The van der Waals surface area contributed by atoms with Gasteiger partial charge in [0.05, 0.1) is 25.3 Å². The lowest BCUT2D eigenvalue weighted by Crippen LogP contribution is -2.47. The zero-order valence-corrected chi connectivity index (χ0v) is 10.3. The smallest absolute Gasteiger partial charge is 0.253 e. The van der Waals surface area contributed by atoms with Crippen molar-refractivity contribution in [1.82, 2.24) is 9.80 Å². The van der Waals surface area contributed by atoms with Crippen molar-refractivity contribution in [3.8, 4) is 0 Å². The van der Waals surface area contributed by atoms with Crippen molar-refractivity contribution in [2.45, 2.75) is 12.2 Å². The second kappa shape index (κ2) is 5.35. The van der Waals surface area contributed by atoms with Gasteiger partial charge < -0.3 is 10.2 Å². The Labute approximate surface area is 113 Å². The van der Waals surface area contributed by atoms with E-state index in [9.17, 15) is 29.4 Å². The lowest BCUT2D eigenvalue weighted by molar-refractivity contribution is -0.144. The summed E-state index contributed by atoms with van der Waals surface area (Å²) >= 11 is 0. The summed E-state index contributed by atoms with van der Waals surface area (Å²) in [6.07, 6.45) is 1.31. The highest BCUT2D eigenvalue weighted by Crippen LogP contribution is 2.10. The summed E-state index contributed by atoms with van der Waals surface area (Å²) in [7, 11) is 0. The fraction of sp³-hybridized carbons (Fsp3) is 0.333. The van der Waals surface area contributed by atoms with Crippen LogP contribution in [0.25, 0.3) is 0 Å². The van der Waals surface area contributed by atoms with Crippen LogP contribution in [0.1, 0.15) is 0 Å². The molecule has 0 saturated heterocycles. The van der Waals surface area contributed by atoms with Gasteiger partial charge in [-0.05, 0) is 0 Å². The van der Waals surface area contributed by atoms with Gasteiger partial charge in [-0.25, -0.2) is 0 Å². The predicted molar refractivity (Wildman–Crippen MR) is 63.7 cm³/mol. The van der Waals surface area contributed by atoms with Gasteiger partial charge in [-0.2, -0.15) is 0 Å². The summed E-state index contributed by atoms with van der Waals surface area (Å²) < 4.78 is 0. The van der Waals surface area contributed by atoms with E-state index in [4.69, 9.17) is 0 Å². The van der Waals surface area contributed by atoms with Gasteiger partial charge in [-0.3, -0.25) is 29.0 Å². The molecule has 2 atom stereocenters. The lowest BCUT2D eigenvalue weighted by Gasteiger charge is -2.25. The van der Waals surface area contributed by atoms with Gasteiger partial charge in [0.15, 0.2) is 0 Å². The highest BCUT2D eigenvalue weighted by atomic mass is 16.3. The van der Waals surface area contributed by atoms with Crippen LogP contribution in [0, 0.1) is 0 Å². The quantitative estimate of drug-likeness (QED) is 0.540. The Morgan fingerprint density at radius 2 is 0.950 bits per heavy atom. The molecule has 0 unspecified atom stereocenters. The Morgan fingerprint density at radius 1 is 0.700 bits per heavy atom. The average molecular weight is 280 g/mol. The first kappa shape index (κ1) is 14.1. The number of β-amino-alcohol motifs (C(OH)–C–C–N with tert-alkyl or cyclic N) is 2. The Hall–Kier alpha value is -2.32. The normalized spacial score (nSPS) is 21.3. The molecule has 0 radical (unpaired) electrons. The Bertz CT molecular complexity index is 454. The zero-order valence-electron chi connectivity index (χ0n) is 10.3. The lowest BCUT2D eigenvalue weighted by atomic mass is 10.2. The molecule has 0 bridgehead atoms. The van der Waals surface area contributed by atoms with Crippen LogP contribution in [0.3, 0.4) is 0 Å². The van der Waals surface area contributed by atoms with Gasteiger partial charge >= 0.3 is 0 Å². The first-order chi connectivity index (χ1) is 9.40. The molecule has 2 heterocycles. The van der Waals surface area contributed by atoms with Crippen LogP contribution in [0.15, 0.2) is 24.3 Å². The molecule has 0 saturated carbocycles. The number of carbonyl (C=O) groups excluding carboxylic acids is 4. The summed E-state index contributed by atoms with van der Waals surface area (Å²) in [5.74, 6) is -2.35. The maximum absolute atomic E-state index is 11.3. The van der Waals surface area contributed by atoms with E-state index in [0.29, 0.717) is 0 Å². The first-order valence-electron chi connectivity index (χ1n) is 5.83. The van der Waals surface area contributed by atoms with E-state index < -0.39 is 48.9 Å². The molecule has 106 valence electrons. The van der Waals surface area contributed by atoms with Crippen LogP contribution in [-0.2, 0) is 19.2 Å². The summed E-state index contributed by atoms with van der Waals surface area (Å²) in [6, 6.07) is 0. The van der Waals surface area contributed by atoms with E-state index in [1.807, 2.05) is 0 Å². The minimum atomic E-state index is -1.45. The monoisotopic (exact) mass is 280 g/mol. The molecular formula is C12H12N2O6. The maximum Gasteiger partial charge on any atom is 0.253 e. The predicted octanol–water partition coefficient (Wildman–Crippen LogP) is -2.44. The topological polar surface area (TPSA) is 115 Å². The molecular weight excluding hydrogens is 268 g/mol. The number of rotatable bonds is 5. The number of hydrogen-bond acceptors (Lipinski definition) is 6. The molecule has 8 nitrogen and oxygen atoms in total. The Kier molecular flexibility index (Phi) is 3.77. The third-order valence-electron chi connectivity index (χ3n) is 2.98. The Morgan fingerprint density at radius 3 is 1.20 bits per heavy atom. The number of hydrogen-bond donors (Lipinski definition) is 2. The number of amides is 4. The molecule has 0 aromatic carbocycles. The van der Waals surface area contributed by atoms with Gasteiger partial charge in [-0.15, -0.1) is 0 Å². The van der Waals surface area contributed by atoms with Gasteiger partial charge in [0.2, 0.25) is 0 Å².